The summed E-state index contributed by atoms with van der Waals surface area (Å²) in [6.45, 7) is 1.61. The average Bonchev–Trinajstić information content (AvgIpc) is 2.91. The van der Waals surface area contributed by atoms with E-state index in [4.69, 9.17) is 0 Å². The van der Waals surface area contributed by atoms with Gasteiger partial charge in [-0.3, -0.25) is 9.59 Å². The molecular weight excluding hydrogens is 342 g/mol. The number of para-hydroxylation sites is 1. The topological polar surface area (TPSA) is 78.4 Å². The molecular formula is C18H12F2N4O2. The van der Waals surface area contributed by atoms with Gasteiger partial charge in [0.2, 0.25) is 0 Å². The van der Waals surface area contributed by atoms with Crippen molar-refractivity contribution in [3.63, 3.8) is 0 Å². The Morgan fingerprint density at radius 3 is 2.50 bits per heavy atom. The lowest BCUT2D eigenvalue weighted by Gasteiger charge is -2.14. The van der Waals surface area contributed by atoms with E-state index in [0.29, 0.717) is 11.4 Å². The molecule has 1 unspecified atom stereocenters. The maximum atomic E-state index is 13.5. The van der Waals surface area contributed by atoms with Crippen molar-refractivity contribution in [1.29, 1.82) is 0 Å². The van der Waals surface area contributed by atoms with Crippen LogP contribution in [0.3, 0.4) is 0 Å². The number of H-pyrrole nitrogens is 1. The molecule has 1 aromatic heterocycles. The van der Waals surface area contributed by atoms with Crippen LogP contribution >= 0.6 is 0 Å². The maximum Gasteiger partial charge on any atom is 0.271 e. The number of hydrogen-bond donors (Lipinski definition) is 1. The zero-order valence-corrected chi connectivity index (χ0v) is 13.5. The lowest BCUT2D eigenvalue weighted by Crippen LogP contribution is -2.30. The molecule has 130 valence electrons. The molecule has 1 aliphatic heterocycles. The van der Waals surface area contributed by atoms with Crippen LogP contribution in [0, 0.1) is 11.6 Å². The van der Waals surface area contributed by atoms with Crippen molar-refractivity contribution in [1.82, 2.24) is 9.97 Å². The number of hydrogen-bond acceptors (Lipinski definition) is 4. The highest BCUT2D eigenvalue weighted by Crippen LogP contribution is 2.28. The van der Waals surface area contributed by atoms with E-state index < -0.39 is 29.0 Å². The van der Waals surface area contributed by atoms with E-state index in [1.54, 1.807) is 37.3 Å². The smallest absolute Gasteiger partial charge is 0.271 e. The number of carbonyl (C=O) groups excluding carboxylic acids is 1. The fourth-order valence-corrected chi connectivity index (χ4v) is 2.93. The number of nitrogens with one attached hydrogen (secondary N) is 1. The molecule has 2 heterocycles. The summed E-state index contributed by atoms with van der Waals surface area (Å²) in [5, 5.41) is 5.43. The quantitative estimate of drug-likeness (QED) is 0.769. The van der Waals surface area contributed by atoms with E-state index in [1.807, 2.05) is 0 Å². The predicted molar refractivity (Wildman–Crippen MR) is 92.1 cm³/mol. The van der Waals surface area contributed by atoms with Crippen LogP contribution in [0.2, 0.25) is 0 Å². The largest absolute Gasteiger partial charge is 0.319 e. The summed E-state index contributed by atoms with van der Waals surface area (Å²) in [5.41, 5.74) is 0.304. The molecule has 3 aromatic rings. The van der Waals surface area contributed by atoms with Crippen molar-refractivity contribution >= 4 is 28.3 Å². The maximum absolute atomic E-state index is 13.5. The van der Waals surface area contributed by atoms with Gasteiger partial charge in [-0.15, -0.1) is 0 Å². The van der Waals surface area contributed by atoms with Gasteiger partial charge >= 0.3 is 0 Å². The van der Waals surface area contributed by atoms with Crippen molar-refractivity contribution in [3.05, 3.63) is 70.1 Å². The second-order valence-electron chi connectivity index (χ2n) is 5.89. The third kappa shape index (κ3) is 2.46. The number of fused-ring (bicyclic) bond motifs is 1. The molecule has 0 fully saturated rings. The molecule has 4 rings (SSSR count). The molecule has 2 aromatic carbocycles. The highest BCUT2D eigenvalue weighted by Gasteiger charge is 2.38. The summed E-state index contributed by atoms with van der Waals surface area (Å²) >= 11 is 0. The molecule has 1 atom stereocenters. The van der Waals surface area contributed by atoms with E-state index in [1.165, 1.54) is 5.01 Å². The Morgan fingerprint density at radius 2 is 1.77 bits per heavy atom. The van der Waals surface area contributed by atoms with Crippen LogP contribution in [0.1, 0.15) is 18.5 Å². The molecule has 0 radical (unpaired) electrons. The number of halogens is 2. The molecule has 6 nitrogen and oxygen atoms in total. The van der Waals surface area contributed by atoms with E-state index in [9.17, 15) is 18.4 Å². The summed E-state index contributed by atoms with van der Waals surface area (Å²) in [5.74, 6) is -3.60. The number of carbonyl (C=O) groups is 1. The second-order valence-corrected chi connectivity index (χ2v) is 5.89. The van der Waals surface area contributed by atoms with Gasteiger partial charge < -0.3 is 4.98 Å². The normalized spacial score (nSPS) is 17.0. The first kappa shape index (κ1) is 16.1. The van der Waals surface area contributed by atoms with Gasteiger partial charge in [-0.05, 0) is 19.1 Å². The third-order valence-corrected chi connectivity index (χ3v) is 4.17. The molecule has 0 saturated carbocycles. The number of benzene rings is 2. The van der Waals surface area contributed by atoms with Crippen molar-refractivity contribution in [3.8, 4) is 0 Å². The average molecular weight is 354 g/mol. The van der Waals surface area contributed by atoms with Crippen LogP contribution < -0.4 is 10.6 Å². The highest BCUT2D eigenvalue weighted by atomic mass is 19.2. The second kappa shape index (κ2) is 5.83. The van der Waals surface area contributed by atoms with Crippen LogP contribution in [0.5, 0.6) is 0 Å². The van der Waals surface area contributed by atoms with Crippen LogP contribution in [0.4, 0.5) is 14.5 Å². The van der Waals surface area contributed by atoms with Gasteiger partial charge in [0, 0.05) is 12.1 Å². The summed E-state index contributed by atoms with van der Waals surface area (Å²) in [6.07, 6.45) is 0. The van der Waals surface area contributed by atoms with E-state index in [0.717, 1.165) is 12.1 Å². The van der Waals surface area contributed by atoms with Crippen molar-refractivity contribution in [2.24, 2.45) is 5.10 Å². The van der Waals surface area contributed by atoms with E-state index in [2.05, 4.69) is 15.1 Å². The first-order chi connectivity index (χ1) is 12.5. The van der Waals surface area contributed by atoms with E-state index >= 15 is 0 Å². The summed E-state index contributed by atoms with van der Waals surface area (Å²) in [7, 11) is 0. The molecule has 0 spiro atoms. The molecule has 0 saturated heterocycles. The highest BCUT2D eigenvalue weighted by molar-refractivity contribution is 6.18. The molecule has 1 aliphatic rings. The van der Waals surface area contributed by atoms with Gasteiger partial charge in [-0.25, -0.2) is 13.8 Å². The van der Waals surface area contributed by atoms with Crippen LogP contribution in [0.15, 0.2) is 52.4 Å². The molecule has 1 N–H and O–H groups in total. The number of rotatable bonds is 2. The Morgan fingerprint density at radius 1 is 1.08 bits per heavy atom. The Labute approximate surface area is 145 Å². The number of aromatic amines is 1. The Bertz CT molecular complexity index is 1130. The summed E-state index contributed by atoms with van der Waals surface area (Å²) < 4.78 is 26.8. The van der Waals surface area contributed by atoms with Crippen LogP contribution in [0.25, 0.3) is 11.0 Å². The van der Waals surface area contributed by atoms with Gasteiger partial charge in [-0.1, -0.05) is 18.2 Å². The first-order valence-corrected chi connectivity index (χ1v) is 7.79. The number of aromatic nitrogens is 2. The van der Waals surface area contributed by atoms with Crippen molar-refractivity contribution in [2.45, 2.75) is 12.8 Å². The predicted octanol–water partition coefficient (Wildman–Crippen LogP) is 2.71. The van der Waals surface area contributed by atoms with Gasteiger partial charge in [0.1, 0.15) is 11.6 Å². The van der Waals surface area contributed by atoms with Gasteiger partial charge in [0.05, 0.1) is 22.4 Å². The fraction of sp³-hybridized carbons (Fsp3) is 0.111. The van der Waals surface area contributed by atoms with E-state index in [-0.39, 0.29) is 16.7 Å². The first-order valence-electron chi connectivity index (χ1n) is 7.79. The Balaban J connectivity index is 1.82. The Kier molecular flexibility index (Phi) is 3.61. The molecule has 0 aliphatic carbocycles. The minimum absolute atomic E-state index is 0.0530. The van der Waals surface area contributed by atoms with Gasteiger partial charge in [-0.2, -0.15) is 10.1 Å². The monoisotopic (exact) mass is 354 g/mol. The number of anilines is 1. The van der Waals surface area contributed by atoms with Crippen molar-refractivity contribution < 1.29 is 13.6 Å². The SMILES string of the molecule is CC1=NN(c2ccccc2)C(=O)C1c1nc2cc(F)c(F)cc2[nH]c1=O. The standard InChI is InChI=1S/C18H12F2N4O2/c1-9-15(18(26)24(23-9)10-5-3-2-4-6-10)16-17(25)22-14-8-12(20)11(19)7-13(14)21-16/h2-8,15H,1H3,(H,22,25). The van der Waals surface area contributed by atoms with Gasteiger partial charge in [0.15, 0.2) is 11.6 Å². The molecule has 8 heteroatoms. The fourth-order valence-electron chi connectivity index (χ4n) is 2.93. The zero-order valence-electron chi connectivity index (χ0n) is 13.5. The minimum atomic E-state index is -1.09. The third-order valence-electron chi connectivity index (χ3n) is 4.17. The van der Waals surface area contributed by atoms with Crippen molar-refractivity contribution in [2.75, 3.05) is 5.01 Å². The Hall–Kier alpha value is -3.42. The molecule has 26 heavy (non-hydrogen) atoms. The molecule has 1 amide bonds. The lowest BCUT2D eigenvalue weighted by atomic mass is 10.0. The number of nitrogens with zero attached hydrogens (tertiary/aromatic N) is 3. The minimum Gasteiger partial charge on any atom is -0.319 e. The summed E-state index contributed by atoms with van der Waals surface area (Å²) in [6, 6.07) is 10.5. The van der Waals surface area contributed by atoms with Gasteiger partial charge in [0.25, 0.3) is 11.5 Å². The zero-order chi connectivity index (χ0) is 18.4. The summed E-state index contributed by atoms with van der Waals surface area (Å²) in [4.78, 5) is 31.8. The number of hydrazone groups is 1. The number of amides is 1. The van der Waals surface area contributed by atoms with Crippen LogP contribution in [-0.4, -0.2) is 21.6 Å². The molecule has 0 bridgehead atoms. The van der Waals surface area contributed by atoms with Crippen LogP contribution in [-0.2, 0) is 4.79 Å². The lowest BCUT2D eigenvalue weighted by molar-refractivity contribution is -0.118.